The molecule has 1 amide bonds. The third-order valence-corrected chi connectivity index (χ3v) is 4.31. The summed E-state index contributed by atoms with van der Waals surface area (Å²) in [5, 5.41) is 3.38. The molecule has 5 nitrogen and oxygen atoms in total. The maximum absolute atomic E-state index is 12.6. The van der Waals surface area contributed by atoms with Crippen LogP contribution in [0.4, 0.5) is 0 Å². The van der Waals surface area contributed by atoms with Crippen molar-refractivity contribution >= 4 is 15.7 Å². The van der Waals surface area contributed by atoms with Crippen molar-refractivity contribution in [2.24, 2.45) is 0 Å². The first kappa shape index (κ1) is 16.0. The van der Waals surface area contributed by atoms with Gasteiger partial charge in [0.25, 0.3) is 5.91 Å². The average molecular weight is 310 g/mol. The summed E-state index contributed by atoms with van der Waals surface area (Å²) >= 11 is 0. The van der Waals surface area contributed by atoms with Crippen molar-refractivity contribution < 1.29 is 13.2 Å². The molecule has 6 heteroatoms. The van der Waals surface area contributed by atoms with Crippen LogP contribution in [0.5, 0.6) is 0 Å². The summed E-state index contributed by atoms with van der Waals surface area (Å²) in [7, 11) is -3.10. The van der Waals surface area contributed by atoms with E-state index in [1.165, 1.54) is 6.26 Å². The van der Waals surface area contributed by atoms with E-state index in [0.29, 0.717) is 24.2 Å². The Morgan fingerprint density at radius 2 is 1.90 bits per heavy atom. The standard InChI is InChI=1S/C15H22N2O3S/c1-11-8-17(9-12(2)16-11)15(18)14-6-4-5-13(7-14)10-21(3,19)20/h4-7,11-12,16H,8-10H2,1-3H3/t11-,12+. The fourth-order valence-corrected chi connectivity index (χ4v) is 3.56. The summed E-state index contributed by atoms with van der Waals surface area (Å²) in [5.74, 6) is -0.0757. The third-order valence-electron chi connectivity index (χ3n) is 3.45. The minimum atomic E-state index is -3.10. The van der Waals surface area contributed by atoms with Crippen LogP contribution in [-0.2, 0) is 15.6 Å². The zero-order valence-corrected chi connectivity index (χ0v) is 13.5. The summed E-state index contributed by atoms with van der Waals surface area (Å²) in [5.41, 5.74) is 1.21. The predicted octanol–water partition coefficient (Wildman–Crippen LogP) is 1.05. The number of carbonyl (C=O) groups is 1. The third kappa shape index (κ3) is 4.54. The van der Waals surface area contributed by atoms with Crippen LogP contribution in [0.3, 0.4) is 0 Å². The van der Waals surface area contributed by atoms with Gasteiger partial charge in [-0.05, 0) is 31.5 Å². The van der Waals surface area contributed by atoms with E-state index in [1.54, 1.807) is 24.3 Å². The van der Waals surface area contributed by atoms with Gasteiger partial charge in [0.2, 0.25) is 0 Å². The molecule has 0 unspecified atom stereocenters. The molecule has 1 aromatic carbocycles. The first-order valence-corrected chi connectivity index (χ1v) is 9.12. The fraction of sp³-hybridized carbons (Fsp3) is 0.533. The Morgan fingerprint density at radius 3 is 2.48 bits per heavy atom. The largest absolute Gasteiger partial charge is 0.336 e. The van der Waals surface area contributed by atoms with Crippen LogP contribution in [0.2, 0.25) is 0 Å². The molecule has 1 fully saturated rings. The van der Waals surface area contributed by atoms with E-state index in [9.17, 15) is 13.2 Å². The van der Waals surface area contributed by atoms with Gasteiger partial charge >= 0.3 is 0 Å². The number of carbonyl (C=O) groups excluding carboxylic acids is 1. The quantitative estimate of drug-likeness (QED) is 0.906. The lowest BCUT2D eigenvalue weighted by Gasteiger charge is -2.36. The lowest BCUT2D eigenvalue weighted by molar-refractivity contribution is 0.0673. The zero-order chi connectivity index (χ0) is 15.6. The monoisotopic (exact) mass is 310 g/mol. The predicted molar refractivity (Wildman–Crippen MR) is 83.0 cm³/mol. The Hall–Kier alpha value is -1.40. The molecule has 1 aromatic rings. The van der Waals surface area contributed by atoms with Crippen molar-refractivity contribution in [1.82, 2.24) is 10.2 Å². The van der Waals surface area contributed by atoms with Crippen LogP contribution in [0.15, 0.2) is 24.3 Å². The number of amides is 1. The van der Waals surface area contributed by atoms with E-state index < -0.39 is 9.84 Å². The normalized spacial score (nSPS) is 23.1. The van der Waals surface area contributed by atoms with Crippen molar-refractivity contribution in [2.45, 2.75) is 31.7 Å². The van der Waals surface area contributed by atoms with Crippen LogP contribution in [-0.4, -0.2) is 50.7 Å². The van der Waals surface area contributed by atoms with E-state index in [-0.39, 0.29) is 23.7 Å². The molecular formula is C15H22N2O3S. The van der Waals surface area contributed by atoms with E-state index in [2.05, 4.69) is 19.2 Å². The number of piperazine rings is 1. The summed E-state index contributed by atoms with van der Waals surface area (Å²) in [4.78, 5) is 14.4. The number of nitrogens with one attached hydrogen (secondary N) is 1. The molecule has 116 valence electrons. The van der Waals surface area contributed by atoms with Gasteiger partial charge in [-0.25, -0.2) is 8.42 Å². The molecule has 1 heterocycles. The Balaban J connectivity index is 2.17. The minimum absolute atomic E-state index is 0.0365. The van der Waals surface area contributed by atoms with E-state index in [1.807, 2.05) is 4.90 Å². The number of rotatable bonds is 3. The van der Waals surface area contributed by atoms with E-state index in [0.717, 1.165) is 0 Å². The molecular weight excluding hydrogens is 288 g/mol. The highest BCUT2D eigenvalue weighted by molar-refractivity contribution is 7.89. The van der Waals surface area contributed by atoms with Gasteiger partial charge in [-0.3, -0.25) is 4.79 Å². The number of benzene rings is 1. The second-order valence-corrected chi connectivity index (χ2v) is 8.09. The molecule has 1 saturated heterocycles. The molecule has 1 aliphatic heterocycles. The first-order chi connectivity index (χ1) is 9.74. The molecule has 0 radical (unpaired) electrons. The summed E-state index contributed by atoms with van der Waals surface area (Å²) in [6.07, 6.45) is 1.20. The lowest BCUT2D eigenvalue weighted by atomic mass is 10.1. The van der Waals surface area contributed by atoms with Crippen LogP contribution in [0.1, 0.15) is 29.8 Å². The van der Waals surface area contributed by atoms with Gasteiger partial charge in [-0.1, -0.05) is 12.1 Å². The maximum Gasteiger partial charge on any atom is 0.253 e. The van der Waals surface area contributed by atoms with Crippen LogP contribution < -0.4 is 5.32 Å². The Bertz CT molecular complexity index is 618. The molecule has 1 N–H and O–H groups in total. The highest BCUT2D eigenvalue weighted by Gasteiger charge is 2.25. The lowest BCUT2D eigenvalue weighted by Crippen LogP contribution is -2.55. The number of sulfone groups is 1. The summed E-state index contributed by atoms with van der Waals surface area (Å²) < 4.78 is 22.7. The van der Waals surface area contributed by atoms with Crippen molar-refractivity contribution in [2.75, 3.05) is 19.3 Å². The summed E-state index contributed by atoms with van der Waals surface area (Å²) in [6.45, 7) is 5.44. The zero-order valence-electron chi connectivity index (χ0n) is 12.7. The van der Waals surface area contributed by atoms with Crippen LogP contribution in [0.25, 0.3) is 0 Å². The molecule has 0 saturated carbocycles. The molecule has 0 spiro atoms. The molecule has 0 aliphatic carbocycles. The molecule has 0 bridgehead atoms. The second-order valence-electron chi connectivity index (χ2n) is 5.95. The number of hydrogen-bond donors (Lipinski definition) is 1. The van der Waals surface area contributed by atoms with E-state index in [4.69, 9.17) is 0 Å². The van der Waals surface area contributed by atoms with Gasteiger partial charge in [-0.15, -0.1) is 0 Å². The van der Waals surface area contributed by atoms with Crippen LogP contribution in [0, 0.1) is 0 Å². The SMILES string of the molecule is C[C@@H]1CN(C(=O)c2cccc(CS(C)(=O)=O)c2)C[C@H](C)N1. The van der Waals surface area contributed by atoms with Gasteiger partial charge in [0.05, 0.1) is 5.75 Å². The molecule has 2 rings (SSSR count). The highest BCUT2D eigenvalue weighted by Crippen LogP contribution is 2.13. The Kier molecular flexibility index (Phi) is 4.68. The maximum atomic E-state index is 12.6. The van der Waals surface area contributed by atoms with Gasteiger partial charge in [0.15, 0.2) is 9.84 Å². The second kappa shape index (κ2) is 6.15. The van der Waals surface area contributed by atoms with Gasteiger partial charge in [0, 0.05) is 37.0 Å². The van der Waals surface area contributed by atoms with Gasteiger partial charge < -0.3 is 10.2 Å². The topological polar surface area (TPSA) is 66.5 Å². The smallest absolute Gasteiger partial charge is 0.253 e. The van der Waals surface area contributed by atoms with Gasteiger partial charge in [-0.2, -0.15) is 0 Å². The molecule has 21 heavy (non-hydrogen) atoms. The van der Waals surface area contributed by atoms with E-state index >= 15 is 0 Å². The van der Waals surface area contributed by atoms with Crippen molar-refractivity contribution in [3.8, 4) is 0 Å². The van der Waals surface area contributed by atoms with Crippen molar-refractivity contribution in [1.29, 1.82) is 0 Å². The van der Waals surface area contributed by atoms with Crippen molar-refractivity contribution in [3.63, 3.8) is 0 Å². The molecule has 2 atom stereocenters. The first-order valence-electron chi connectivity index (χ1n) is 7.06. The minimum Gasteiger partial charge on any atom is -0.336 e. The Morgan fingerprint density at radius 1 is 1.29 bits per heavy atom. The number of hydrogen-bond acceptors (Lipinski definition) is 4. The number of nitrogens with zero attached hydrogens (tertiary/aromatic N) is 1. The molecule has 1 aliphatic rings. The highest BCUT2D eigenvalue weighted by atomic mass is 32.2. The summed E-state index contributed by atoms with van der Waals surface area (Å²) in [6, 6.07) is 7.42. The molecule has 0 aromatic heterocycles. The van der Waals surface area contributed by atoms with Gasteiger partial charge in [0.1, 0.15) is 0 Å². The van der Waals surface area contributed by atoms with Crippen molar-refractivity contribution in [3.05, 3.63) is 35.4 Å². The Labute approximate surface area is 126 Å². The average Bonchev–Trinajstić information content (AvgIpc) is 2.35. The fourth-order valence-electron chi connectivity index (χ4n) is 2.77. The van der Waals surface area contributed by atoms with Crippen LogP contribution >= 0.6 is 0 Å².